The number of ether oxygens (including phenoxy) is 1. The first-order valence-corrected chi connectivity index (χ1v) is 11.3. The zero-order valence-corrected chi connectivity index (χ0v) is 19.0. The fourth-order valence-electron chi connectivity index (χ4n) is 3.40. The Kier molecular flexibility index (Phi) is 6.80. The SMILES string of the molecule is CCOC(=O)CN1C(=S)N[C@H](c2ccccn2)[C@H]1c1ccc(Sc2ccc(Cl)cc2)o1. The van der Waals surface area contributed by atoms with Crippen molar-refractivity contribution in [1.29, 1.82) is 0 Å². The summed E-state index contributed by atoms with van der Waals surface area (Å²) in [5, 5.41) is 5.15. The summed E-state index contributed by atoms with van der Waals surface area (Å²) < 4.78 is 11.3. The van der Waals surface area contributed by atoms with Crippen LogP contribution in [0.1, 0.15) is 30.5 Å². The van der Waals surface area contributed by atoms with Crippen LogP contribution in [0, 0.1) is 0 Å². The molecule has 160 valence electrons. The molecule has 3 heterocycles. The summed E-state index contributed by atoms with van der Waals surface area (Å²) in [4.78, 5) is 19.5. The van der Waals surface area contributed by atoms with Crippen molar-refractivity contribution in [3.8, 4) is 0 Å². The minimum absolute atomic E-state index is 0.0219. The van der Waals surface area contributed by atoms with Crippen LogP contribution in [0.4, 0.5) is 0 Å². The van der Waals surface area contributed by atoms with Gasteiger partial charge in [-0.2, -0.15) is 0 Å². The molecule has 0 unspecified atom stereocenters. The van der Waals surface area contributed by atoms with Crippen molar-refractivity contribution in [2.75, 3.05) is 13.2 Å². The minimum atomic E-state index is -0.347. The summed E-state index contributed by atoms with van der Waals surface area (Å²) >= 11 is 13.0. The maximum atomic E-state index is 12.2. The summed E-state index contributed by atoms with van der Waals surface area (Å²) in [5.74, 6) is 0.337. The van der Waals surface area contributed by atoms with E-state index in [2.05, 4.69) is 10.3 Å². The molecule has 4 rings (SSSR count). The average molecular weight is 474 g/mol. The number of rotatable bonds is 7. The lowest BCUT2D eigenvalue weighted by Crippen LogP contribution is -2.35. The maximum absolute atomic E-state index is 12.2. The molecule has 1 aliphatic rings. The molecule has 1 N–H and O–H groups in total. The molecule has 0 bridgehead atoms. The molecule has 3 aromatic rings. The number of carbonyl (C=O) groups is 1. The molecule has 2 aromatic heterocycles. The molecule has 1 saturated heterocycles. The number of furan rings is 1. The number of hydrogen-bond donors (Lipinski definition) is 1. The highest BCUT2D eigenvalue weighted by atomic mass is 35.5. The van der Waals surface area contributed by atoms with Gasteiger partial charge in [-0.05, 0) is 67.7 Å². The number of nitrogens with zero attached hydrogens (tertiary/aromatic N) is 2. The fourth-order valence-corrected chi connectivity index (χ4v) is 4.61. The number of esters is 1. The first-order chi connectivity index (χ1) is 15.0. The lowest BCUT2D eigenvalue weighted by atomic mass is 10.0. The van der Waals surface area contributed by atoms with Crippen LogP contribution in [0.3, 0.4) is 0 Å². The quantitative estimate of drug-likeness (QED) is 0.379. The van der Waals surface area contributed by atoms with E-state index in [0.717, 1.165) is 15.7 Å². The maximum Gasteiger partial charge on any atom is 0.325 e. The Labute approximate surface area is 194 Å². The third kappa shape index (κ3) is 5.03. The highest BCUT2D eigenvalue weighted by Crippen LogP contribution is 2.41. The fraction of sp³-hybridized carbons (Fsp3) is 0.227. The van der Waals surface area contributed by atoms with Gasteiger partial charge in [0.2, 0.25) is 0 Å². The van der Waals surface area contributed by atoms with E-state index in [4.69, 9.17) is 33.0 Å². The van der Waals surface area contributed by atoms with Gasteiger partial charge in [0.15, 0.2) is 10.2 Å². The van der Waals surface area contributed by atoms with Crippen LogP contribution < -0.4 is 5.32 Å². The van der Waals surface area contributed by atoms with Gasteiger partial charge >= 0.3 is 5.97 Å². The Balaban J connectivity index is 1.63. The lowest BCUT2D eigenvalue weighted by Gasteiger charge is -2.25. The van der Waals surface area contributed by atoms with Crippen LogP contribution in [-0.2, 0) is 9.53 Å². The van der Waals surface area contributed by atoms with Crippen LogP contribution in [-0.4, -0.2) is 34.1 Å². The molecule has 0 spiro atoms. The van der Waals surface area contributed by atoms with E-state index in [1.54, 1.807) is 18.0 Å². The van der Waals surface area contributed by atoms with E-state index in [-0.39, 0.29) is 24.6 Å². The van der Waals surface area contributed by atoms with Crippen molar-refractivity contribution >= 4 is 46.7 Å². The Morgan fingerprint density at radius 1 is 1.26 bits per heavy atom. The van der Waals surface area contributed by atoms with Gasteiger partial charge in [0, 0.05) is 16.1 Å². The van der Waals surface area contributed by atoms with Gasteiger partial charge < -0.3 is 19.4 Å². The molecule has 31 heavy (non-hydrogen) atoms. The molecule has 0 aliphatic carbocycles. The largest absolute Gasteiger partial charge is 0.465 e. The second-order valence-corrected chi connectivity index (χ2v) is 8.67. The van der Waals surface area contributed by atoms with Crippen LogP contribution in [0.2, 0.25) is 5.02 Å². The summed E-state index contributed by atoms with van der Waals surface area (Å²) in [7, 11) is 0. The molecule has 2 atom stereocenters. The van der Waals surface area contributed by atoms with Crippen molar-refractivity contribution in [3.63, 3.8) is 0 Å². The highest BCUT2D eigenvalue weighted by Gasteiger charge is 2.42. The molecular weight excluding hydrogens is 454 g/mol. The Hall–Kier alpha value is -2.55. The minimum Gasteiger partial charge on any atom is -0.465 e. The standard InChI is InChI=1S/C22H20ClN3O3S2/c1-2-28-18(27)13-26-21(20(25-22(26)30)16-5-3-4-12-24-16)17-10-11-19(29-17)31-15-8-6-14(23)7-9-15/h3-12,20-21H,2,13H2,1H3,(H,25,30)/t20-,21-/m1/s1. The van der Waals surface area contributed by atoms with E-state index >= 15 is 0 Å². The highest BCUT2D eigenvalue weighted by molar-refractivity contribution is 7.99. The van der Waals surface area contributed by atoms with Crippen molar-refractivity contribution in [1.82, 2.24) is 15.2 Å². The molecule has 0 radical (unpaired) electrons. The van der Waals surface area contributed by atoms with Crippen molar-refractivity contribution in [2.24, 2.45) is 0 Å². The number of pyridine rings is 1. The van der Waals surface area contributed by atoms with E-state index in [1.807, 2.05) is 54.6 Å². The van der Waals surface area contributed by atoms with Crippen LogP contribution in [0.5, 0.6) is 0 Å². The Morgan fingerprint density at radius 3 is 2.77 bits per heavy atom. The van der Waals surface area contributed by atoms with Crippen molar-refractivity contribution in [2.45, 2.75) is 29.0 Å². The predicted octanol–water partition coefficient (Wildman–Crippen LogP) is 5.01. The van der Waals surface area contributed by atoms with Gasteiger partial charge in [-0.25, -0.2) is 0 Å². The third-order valence-electron chi connectivity index (χ3n) is 4.73. The van der Waals surface area contributed by atoms with Crippen LogP contribution in [0.25, 0.3) is 0 Å². The molecular formula is C22H20ClN3O3S2. The summed E-state index contributed by atoms with van der Waals surface area (Å²) in [5.41, 5.74) is 0.810. The number of hydrogen-bond acceptors (Lipinski definition) is 6. The number of aromatic nitrogens is 1. The lowest BCUT2D eigenvalue weighted by molar-refractivity contribution is -0.143. The second-order valence-electron chi connectivity index (χ2n) is 6.77. The number of nitrogens with one attached hydrogen (secondary N) is 1. The first kappa shape index (κ1) is 21.7. The monoisotopic (exact) mass is 473 g/mol. The summed E-state index contributed by atoms with van der Waals surface area (Å²) in [6.07, 6.45) is 1.73. The van der Waals surface area contributed by atoms with Gasteiger partial charge in [0.1, 0.15) is 18.3 Å². The van der Waals surface area contributed by atoms with Crippen LogP contribution in [0.15, 0.2) is 75.2 Å². The van der Waals surface area contributed by atoms with E-state index < -0.39 is 0 Å². The Bertz CT molecular complexity index is 1060. The van der Waals surface area contributed by atoms with E-state index in [0.29, 0.717) is 22.5 Å². The molecule has 9 heteroatoms. The van der Waals surface area contributed by atoms with E-state index in [1.165, 1.54) is 11.8 Å². The van der Waals surface area contributed by atoms with Crippen molar-refractivity contribution < 1.29 is 13.9 Å². The molecule has 1 aliphatic heterocycles. The number of halogens is 1. The topological polar surface area (TPSA) is 67.6 Å². The zero-order chi connectivity index (χ0) is 21.8. The number of carbonyl (C=O) groups excluding carboxylic acids is 1. The molecule has 0 amide bonds. The van der Waals surface area contributed by atoms with Gasteiger partial charge in [-0.1, -0.05) is 29.4 Å². The summed E-state index contributed by atoms with van der Waals surface area (Å²) in [6.45, 7) is 2.11. The van der Waals surface area contributed by atoms with E-state index in [9.17, 15) is 4.79 Å². The summed E-state index contributed by atoms with van der Waals surface area (Å²) in [6, 6.07) is 16.5. The predicted molar refractivity (Wildman–Crippen MR) is 123 cm³/mol. The zero-order valence-electron chi connectivity index (χ0n) is 16.7. The van der Waals surface area contributed by atoms with Crippen molar-refractivity contribution in [3.05, 3.63) is 77.3 Å². The average Bonchev–Trinajstić information content (AvgIpc) is 3.35. The number of thiocarbonyl (C=S) groups is 1. The number of benzene rings is 1. The molecule has 0 saturated carbocycles. The second kappa shape index (κ2) is 9.72. The molecule has 6 nitrogen and oxygen atoms in total. The molecule has 1 fully saturated rings. The van der Waals surface area contributed by atoms with Gasteiger partial charge in [-0.15, -0.1) is 0 Å². The van der Waals surface area contributed by atoms with Crippen LogP contribution >= 0.6 is 35.6 Å². The smallest absolute Gasteiger partial charge is 0.325 e. The van der Waals surface area contributed by atoms with Gasteiger partial charge in [0.05, 0.1) is 18.3 Å². The first-order valence-electron chi connectivity index (χ1n) is 9.72. The normalized spacial score (nSPS) is 18.1. The van der Waals surface area contributed by atoms with Gasteiger partial charge in [0.25, 0.3) is 0 Å². The third-order valence-corrected chi connectivity index (χ3v) is 6.26. The van der Waals surface area contributed by atoms with Gasteiger partial charge in [-0.3, -0.25) is 9.78 Å². The Morgan fingerprint density at radius 2 is 2.06 bits per heavy atom. The molecule has 1 aromatic carbocycles.